The highest BCUT2D eigenvalue weighted by Gasteiger charge is 2.19. The molecule has 0 fully saturated rings. The van der Waals surface area contributed by atoms with E-state index in [1.165, 1.54) is 0 Å². The van der Waals surface area contributed by atoms with E-state index in [4.69, 9.17) is 26.3 Å². The van der Waals surface area contributed by atoms with Gasteiger partial charge >= 0.3 is 0 Å². The molecule has 0 aliphatic heterocycles. The standard InChI is InChI=1S/C14H13ClN2O2/c1-8-5-10(7-18-8)13(17-16)12-6-9-3-2-4-11(15)14(9)19-12/h2-7,13,17H,16H2,1H3. The lowest BCUT2D eigenvalue weighted by atomic mass is 10.1. The molecular formula is C14H13ClN2O2. The Morgan fingerprint density at radius 1 is 1.32 bits per heavy atom. The van der Waals surface area contributed by atoms with Crippen LogP contribution in [0, 0.1) is 6.92 Å². The minimum atomic E-state index is -0.263. The zero-order chi connectivity index (χ0) is 13.4. The predicted octanol–water partition coefficient (Wildman–Crippen LogP) is 3.54. The number of aryl methyl sites for hydroxylation is 1. The third-order valence-electron chi connectivity index (χ3n) is 3.05. The van der Waals surface area contributed by atoms with Crippen LogP contribution in [0.1, 0.15) is 23.1 Å². The van der Waals surface area contributed by atoms with Crippen molar-refractivity contribution >= 4 is 22.6 Å². The number of para-hydroxylation sites is 1. The third kappa shape index (κ3) is 2.14. The van der Waals surface area contributed by atoms with Crippen LogP contribution in [0.25, 0.3) is 11.0 Å². The fourth-order valence-electron chi connectivity index (χ4n) is 2.15. The first-order chi connectivity index (χ1) is 9.19. The maximum Gasteiger partial charge on any atom is 0.152 e. The minimum Gasteiger partial charge on any atom is -0.469 e. The molecule has 1 atom stereocenters. The average molecular weight is 277 g/mol. The van der Waals surface area contributed by atoms with Crippen LogP contribution in [0.15, 0.2) is 45.4 Å². The van der Waals surface area contributed by atoms with Gasteiger partial charge in [0.15, 0.2) is 5.58 Å². The van der Waals surface area contributed by atoms with Crippen LogP contribution >= 0.6 is 11.6 Å². The summed E-state index contributed by atoms with van der Waals surface area (Å²) in [6.07, 6.45) is 1.66. The third-order valence-corrected chi connectivity index (χ3v) is 3.35. The largest absolute Gasteiger partial charge is 0.469 e. The van der Waals surface area contributed by atoms with E-state index in [9.17, 15) is 0 Å². The van der Waals surface area contributed by atoms with E-state index < -0.39 is 0 Å². The van der Waals surface area contributed by atoms with Crippen LogP contribution in [0.5, 0.6) is 0 Å². The van der Waals surface area contributed by atoms with Gasteiger partial charge in [0.25, 0.3) is 0 Å². The van der Waals surface area contributed by atoms with E-state index >= 15 is 0 Å². The van der Waals surface area contributed by atoms with E-state index in [-0.39, 0.29) is 6.04 Å². The van der Waals surface area contributed by atoms with Gasteiger partial charge in [-0.3, -0.25) is 5.84 Å². The van der Waals surface area contributed by atoms with Crippen molar-refractivity contribution in [2.45, 2.75) is 13.0 Å². The van der Waals surface area contributed by atoms with Crippen LogP contribution in [-0.2, 0) is 0 Å². The smallest absolute Gasteiger partial charge is 0.152 e. The lowest BCUT2D eigenvalue weighted by Gasteiger charge is -2.10. The lowest BCUT2D eigenvalue weighted by molar-refractivity contribution is 0.470. The van der Waals surface area contributed by atoms with Crippen LogP contribution < -0.4 is 11.3 Å². The maximum absolute atomic E-state index is 6.10. The number of nitrogens with one attached hydrogen (secondary N) is 1. The average Bonchev–Trinajstić information content (AvgIpc) is 2.98. The molecule has 5 heteroatoms. The van der Waals surface area contributed by atoms with Crippen molar-refractivity contribution in [3.8, 4) is 0 Å². The first kappa shape index (κ1) is 12.3. The van der Waals surface area contributed by atoms with Gasteiger partial charge in [-0.05, 0) is 25.1 Å². The number of halogens is 1. The highest BCUT2D eigenvalue weighted by atomic mass is 35.5. The van der Waals surface area contributed by atoms with Gasteiger partial charge in [-0.2, -0.15) is 0 Å². The lowest BCUT2D eigenvalue weighted by Crippen LogP contribution is -2.28. The number of hydrogen-bond donors (Lipinski definition) is 2. The molecule has 3 rings (SSSR count). The summed E-state index contributed by atoms with van der Waals surface area (Å²) in [6, 6.07) is 9.21. The number of rotatable bonds is 3. The molecule has 0 saturated heterocycles. The van der Waals surface area contributed by atoms with Crippen LogP contribution in [0.3, 0.4) is 0 Å². The minimum absolute atomic E-state index is 0.263. The molecule has 3 N–H and O–H groups in total. The Morgan fingerprint density at radius 3 is 2.79 bits per heavy atom. The molecule has 0 spiro atoms. The van der Waals surface area contributed by atoms with Crippen molar-refractivity contribution < 1.29 is 8.83 Å². The normalized spacial score (nSPS) is 13.0. The molecular weight excluding hydrogens is 264 g/mol. The maximum atomic E-state index is 6.10. The summed E-state index contributed by atoms with van der Waals surface area (Å²) < 4.78 is 11.1. The summed E-state index contributed by atoms with van der Waals surface area (Å²) in [5, 5.41) is 1.53. The monoisotopic (exact) mass is 276 g/mol. The molecule has 0 saturated carbocycles. The molecule has 1 aromatic carbocycles. The Morgan fingerprint density at radius 2 is 2.16 bits per heavy atom. The highest BCUT2D eigenvalue weighted by molar-refractivity contribution is 6.34. The van der Waals surface area contributed by atoms with Gasteiger partial charge in [0.2, 0.25) is 0 Å². The van der Waals surface area contributed by atoms with Crippen molar-refractivity contribution in [2.24, 2.45) is 5.84 Å². The van der Waals surface area contributed by atoms with Gasteiger partial charge in [0.1, 0.15) is 17.6 Å². The van der Waals surface area contributed by atoms with E-state index in [0.29, 0.717) is 16.4 Å². The molecule has 3 aromatic rings. The van der Waals surface area contributed by atoms with Gasteiger partial charge in [-0.1, -0.05) is 23.7 Å². The Kier molecular flexibility index (Phi) is 3.06. The summed E-state index contributed by atoms with van der Waals surface area (Å²) in [5.74, 6) is 7.15. The van der Waals surface area contributed by atoms with E-state index in [1.807, 2.05) is 31.2 Å². The molecule has 2 heterocycles. The Hall–Kier alpha value is -1.75. The van der Waals surface area contributed by atoms with Crippen molar-refractivity contribution in [3.63, 3.8) is 0 Å². The molecule has 0 amide bonds. The van der Waals surface area contributed by atoms with Gasteiger partial charge in [0, 0.05) is 10.9 Å². The summed E-state index contributed by atoms with van der Waals surface area (Å²) in [7, 11) is 0. The molecule has 0 aliphatic rings. The molecule has 2 aromatic heterocycles. The van der Waals surface area contributed by atoms with Gasteiger partial charge in [-0.15, -0.1) is 0 Å². The first-order valence-corrected chi connectivity index (χ1v) is 6.26. The molecule has 0 aliphatic carbocycles. The molecule has 98 valence electrons. The van der Waals surface area contributed by atoms with Crippen LogP contribution in [0.2, 0.25) is 5.02 Å². The van der Waals surface area contributed by atoms with Gasteiger partial charge < -0.3 is 8.83 Å². The quantitative estimate of drug-likeness (QED) is 0.567. The van der Waals surface area contributed by atoms with Crippen LogP contribution in [-0.4, -0.2) is 0 Å². The summed E-state index contributed by atoms with van der Waals surface area (Å²) >= 11 is 6.10. The highest BCUT2D eigenvalue weighted by Crippen LogP contribution is 2.32. The summed E-state index contributed by atoms with van der Waals surface area (Å²) in [5.41, 5.74) is 4.31. The fraction of sp³-hybridized carbons (Fsp3) is 0.143. The second-order valence-corrected chi connectivity index (χ2v) is 4.80. The zero-order valence-electron chi connectivity index (χ0n) is 10.3. The van der Waals surface area contributed by atoms with E-state index in [2.05, 4.69) is 5.43 Å². The number of nitrogens with two attached hydrogens (primary N) is 1. The molecule has 1 unspecified atom stereocenters. The second-order valence-electron chi connectivity index (χ2n) is 4.40. The van der Waals surface area contributed by atoms with Crippen molar-refractivity contribution in [1.82, 2.24) is 5.43 Å². The topological polar surface area (TPSA) is 64.3 Å². The van der Waals surface area contributed by atoms with Crippen LogP contribution in [0.4, 0.5) is 0 Å². The predicted molar refractivity (Wildman–Crippen MR) is 73.8 cm³/mol. The van der Waals surface area contributed by atoms with Crippen molar-refractivity contribution in [3.05, 3.63) is 58.7 Å². The zero-order valence-corrected chi connectivity index (χ0v) is 11.1. The van der Waals surface area contributed by atoms with Gasteiger partial charge in [-0.25, -0.2) is 5.43 Å². The Bertz CT molecular complexity index is 717. The second kappa shape index (κ2) is 4.74. The molecule has 0 bridgehead atoms. The number of furan rings is 2. The van der Waals surface area contributed by atoms with E-state index in [1.54, 1.807) is 12.3 Å². The molecule has 0 radical (unpaired) electrons. The SMILES string of the molecule is Cc1cc(C(NN)c2cc3cccc(Cl)c3o2)co1. The Labute approximate surface area is 115 Å². The number of benzene rings is 1. The van der Waals surface area contributed by atoms with Gasteiger partial charge in [0.05, 0.1) is 11.3 Å². The van der Waals surface area contributed by atoms with Crippen molar-refractivity contribution in [2.75, 3.05) is 0 Å². The molecule has 19 heavy (non-hydrogen) atoms. The first-order valence-electron chi connectivity index (χ1n) is 5.88. The van der Waals surface area contributed by atoms with Crippen molar-refractivity contribution in [1.29, 1.82) is 0 Å². The van der Waals surface area contributed by atoms with E-state index in [0.717, 1.165) is 16.7 Å². The fourth-order valence-corrected chi connectivity index (χ4v) is 2.37. The summed E-state index contributed by atoms with van der Waals surface area (Å²) in [6.45, 7) is 1.88. The number of fused-ring (bicyclic) bond motifs is 1. The Balaban J connectivity index is 2.09. The summed E-state index contributed by atoms with van der Waals surface area (Å²) in [4.78, 5) is 0. The molecule has 4 nitrogen and oxygen atoms in total. The number of hydrazine groups is 1. The number of hydrogen-bond acceptors (Lipinski definition) is 4.